The molecule has 4 aromatic rings. The summed E-state index contributed by atoms with van der Waals surface area (Å²) in [5, 5.41) is 9.40. The van der Waals surface area contributed by atoms with Gasteiger partial charge in [-0.15, -0.1) is 0 Å². The van der Waals surface area contributed by atoms with Crippen molar-refractivity contribution < 1.29 is 9.05 Å². The smallest absolute Gasteiger partial charge is 0.259 e. The number of nitrogens with zero attached hydrogens (tertiary/aromatic N) is 2. The molecule has 1 aliphatic heterocycles. The molecule has 0 amide bonds. The molecule has 0 spiro atoms. The second-order valence-corrected chi connectivity index (χ2v) is 15.2. The molecule has 0 aliphatic carbocycles. The maximum Gasteiger partial charge on any atom is 0.259 e. The summed E-state index contributed by atoms with van der Waals surface area (Å²) in [5.41, 5.74) is 4.74. The van der Waals surface area contributed by atoms with Gasteiger partial charge in [-0.25, -0.2) is 4.67 Å². The van der Waals surface area contributed by atoms with Crippen LogP contribution in [0.25, 0.3) is 0 Å². The van der Waals surface area contributed by atoms with E-state index in [0.29, 0.717) is 13.0 Å². The molecule has 0 N–H and O–H groups in total. The zero-order chi connectivity index (χ0) is 30.3. The first kappa shape index (κ1) is 31.8. The molecular weight excluding hydrogens is 588 g/mol. The van der Waals surface area contributed by atoms with E-state index < -0.39 is 18.0 Å². The molecule has 1 heterocycles. The van der Waals surface area contributed by atoms with Crippen molar-refractivity contribution in [3.63, 3.8) is 0 Å². The Balaban J connectivity index is 1.81. The van der Waals surface area contributed by atoms with Gasteiger partial charge in [-0.05, 0) is 49.9 Å². The Bertz CT molecular complexity index is 1290. The Morgan fingerprint density at radius 3 is 1.33 bits per heavy atom. The first-order valence-electron chi connectivity index (χ1n) is 14.8. The van der Waals surface area contributed by atoms with Crippen LogP contribution in [0.4, 0.5) is 0 Å². The number of nitriles is 1. The molecule has 1 atom stereocenters. The van der Waals surface area contributed by atoms with Gasteiger partial charge in [-0.1, -0.05) is 143 Å². The highest BCUT2D eigenvalue weighted by molar-refractivity contribution is 8.78. The van der Waals surface area contributed by atoms with Crippen molar-refractivity contribution in [3.05, 3.63) is 144 Å². The van der Waals surface area contributed by atoms with Crippen molar-refractivity contribution in [1.29, 1.82) is 5.26 Å². The predicted octanol–water partition coefficient (Wildman–Crippen LogP) is 9.93. The predicted molar refractivity (Wildman–Crippen MR) is 183 cm³/mol. The van der Waals surface area contributed by atoms with Gasteiger partial charge in [0.25, 0.3) is 8.53 Å². The number of hydrogen-bond acceptors (Lipinski definition) is 6. The quantitative estimate of drug-likeness (QED) is 0.0886. The fraction of sp³-hybridized carbons (Fsp3) is 0.306. The van der Waals surface area contributed by atoms with Gasteiger partial charge in [0.15, 0.2) is 0 Å². The van der Waals surface area contributed by atoms with E-state index in [4.69, 9.17) is 9.05 Å². The van der Waals surface area contributed by atoms with Crippen LogP contribution < -0.4 is 0 Å². The average Bonchev–Trinajstić information content (AvgIpc) is 3.39. The van der Waals surface area contributed by atoms with Gasteiger partial charge in [0.05, 0.1) is 19.1 Å². The van der Waals surface area contributed by atoms with E-state index >= 15 is 0 Å². The van der Waals surface area contributed by atoms with Crippen molar-refractivity contribution in [2.75, 3.05) is 6.61 Å². The Hall–Kier alpha value is -2.62. The summed E-state index contributed by atoms with van der Waals surface area (Å²) in [5.74, 6) is 0. The minimum absolute atomic E-state index is 0.181. The molecule has 1 fully saturated rings. The van der Waals surface area contributed by atoms with Gasteiger partial charge in [0.2, 0.25) is 0 Å². The van der Waals surface area contributed by atoms with Crippen molar-refractivity contribution in [2.24, 2.45) is 0 Å². The summed E-state index contributed by atoms with van der Waals surface area (Å²) in [6.07, 6.45) is -0.0661. The van der Waals surface area contributed by atoms with Gasteiger partial charge >= 0.3 is 0 Å². The van der Waals surface area contributed by atoms with Gasteiger partial charge in [0, 0.05) is 12.1 Å². The highest BCUT2D eigenvalue weighted by Crippen LogP contribution is 2.73. The molecule has 0 radical (unpaired) electrons. The van der Waals surface area contributed by atoms with Gasteiger partial charge in [-0.3, -0.25) is 0 Å². The Morgan fingerprint density at radius 2 is 1.02 bits per heavy atom. The third-order valence-electron chi connectivity index (χ3n) is 7.71. The second-order valence-electron chi connectivity index (χ2n) is 11.1. The first-order valence-corrected chi connectivity index (χ1v) is 18.1. The zero-order valence-corrected chi connectivity index (χ0v) is 27.7. The topological polar surface area (TPSA) is 45.5 Å². The molecule has 0 saturated carbocycles. The van der Waals surface area contributed by atoms with Crippen molar-refractivity contribution in [3.8, 4) is 6.07 Å². The summed E-state index contributed by atoms with van der Waals surface area (Å²) in [7, 11) is 2.20. The second kappa shape index (κ2) is 14.4. The fourth-order valence-corrected chi connectivity index (χ4v) is 12.2. The highest BCUT2D eigenvalue weighted by Gasteiger charge is 2.64. The molecular formula is C36H39N2O2PS2. The third kappa shape index (κ3) is 6.31. The number of rotatable bonds is 12. The van der Waals surface area contributed by atoms with Crippen LogP contribution in [0.5, 0.6) is 0 Å². The molecule has 0 aromatic heterocycles. The molecule has 1 unspecified atom stereocenters. The number of benzene rings is 4. The van der Waals surface area contributed by atoms with Gasteiger partial charge in [-0.2, -0.15) is 5.26 Å². The van der Waals surface area contributed by atoms with E-state index in [2.05, 4.69) is 160 Å². The van der Waals surface area contributed by atoms with Crippen LogP contribution in [0.15, 0.2) is 121 Å². The molecule has 4 nitrogen and oxygen atoms in total. The van der Waals surface area contributed by atoms with Crippen LogP contribution in [-0.2, 0) is 18.5 Å². The fourth-order valence-electron chi connectivity index (χ4n) is 5.91. The maximum absolute atomic E-state index is 9.40. The lowest BCUT2D eigenvalue weighted by Gasteiger charge is -2.45. The molecule has 222 valence electrons. The zero-order valence-electron chi connectivity index (χ0n) is 25.2. The van der Waals surface area contributed by atoms with Gasteiger partial charge < -0.3 is 9.05 Å². The van der Waals surface area contributed by atoms with E-state index in [1.807, 2.05) is 21.6 Å². The highest BCUT2D eigenvalue weighted by atomic mass is 33.1. The van der Waals surface area contributed by atoms with Crippen molar-refractivity contribution >= 4 is 30.1 Å². The minimum atomic E-state index is -1.55. The standard InChI is InChI=1S/C36H39N2O2PS2/c1-28(2)38(29(3)4)41(39-27-17-26-37)40-34-35(30-18-9-5-10-19-30,31-20-11-6-12-21-31)42-43-36(34,32-22-13-7-14-23-32)33-24-15-8-16-25-33/h5-16,18-25,28-29,34H,17,27H2,1-4H3. The maximum atomic E-state index is 9.40. The average molecular weight is 627 g/mol. The molecule has 43 heavy (non-hydrogen) atoms. The monoisotopic (exact) mass is 626 g/mol. The van der Waals surface area contributed by atoms with Crippen LogP contribution in [0.2, 0.25) is 0 Å². The summed E-state index contributed by atoms with van der Waals surface area (Å²) in [4.78, 5) is 0. The summed E-state index contributed by atoms with van der Waals surface area (Å²) < 4.78 is 15.4. The van der Waals surface area contributed by atoms with E-state index in [1.165, 1.54) is 22.3 Å². The summed E-state index contributed by atoms with van der Waals surface area (Å²) >= 11 is 0. The molecule has 7 heteroatoms. The van der Waals surface area contributed by atoms with Crippen LogP contribution in [0.1, 0.15) is 56.4 Å². The van der Waals surface area contributed by atoms with Crippen LogP contribution in [0, 0.1) is 11.3 Å². The first-order chi connectivity index (χ1) is 20.9. The Kier molecular flexibility index (Phi) is 10.7. The lowest BCUT2D eigenvalue weighted by molar-refractivity contribution is 0.0985. The largest absolute Gasteiger partial charge is 0.321 e. The number of hydrogen-bond donors (Lipinski definition) is 0. The molecule has 1 saturated heterocycles. The van der Waals surface area contributed by atoms with E-state index in [9.17, 15) is 5.26 Å². The third-order valence-corrected chi connectivity index (χ3v) is 13.6. The van der Waals surface area contributed by atoms with Gasteiger partial charge in [0.1, 0.15) is 15.6 Å². The lowest BCUT2D eigenvalue weighted by Crippen LogP contribution is -2.48. The van der Waals surface area contributed by atoms with Crippen molar-refractivity contribution in [2.45, 2.75) is 61.8 Å². The Morgan fingerprint density at radius 1 is 0.674 bits per heavy atom. The van der Waals surface area contributed by atoms with E-state index in [-0.39, 0.29) is 18.2 Å². The van der Waals surface area contributed by atoms with Crippen LogP contribution >= 0.6 is 30.1 Å². The lowest BCUT2D eigenvalue weighted by atomic mass is 9.74. The molecule has 4 aromatic carbocycles. The van der Waals surface area contributed by atoms with Crippen LogP contribution in [0.3, 0.4) is 0 Å². The molecule has 0 bridgehead atoms. The normalized spacial score (nSPS) is 16.9. The molecule has 5 rings (SSSR count). The Labute approximate surface area is 266 Å². The SMILES string of the molecule is CC(C)N(C(C)C)P(OCCC#N)OC1C(c2ccccc2)(c2ccccc2)SSC1(c1ccccc1)c1ccccc1. The summed E-state index contributed by atoms with van der Waals surface area (Å²) in [6, 6.07) is 45.7. The molecule has 1 aliphatic rings. The van der Waals surface area contributed by atoms with E-state index in [1.54, 1.807) is 0 Å². The van der Waals surface area contributed by atoms with Crippen LogP contribution in [-0.4, -0.2) is 29.5 Å². The summed E-state index contributed by atoms with van der Waals surface area (Å²) in [6.45, 7) is 9.07. The minimum Gasteiger partial charge on any atom is -0.321 e. The van der Waals surface area contributed by atoms with E-state index in [0.717, 1.165) is 0 Å². The van der Waals surface area contributed by atoms with Crippen molar-refractivity contribution in [1.82, 2.24) is 4.67 Å².